The Kier molecular flexibility index (Phi) is 3.36. The third-order valence-corrected chi connectivity index (χ3v) is 1.52. The highest BCUT2D eigenvalue weighted by Gasteiger charge is 2.05. The second-order valence-electron chi connectivity index (χ2n) is 2.76. The lowest BCUT2D eigenvalue weighted by Crippen LogP contribution is -2.39. The van der Waals surface area contributed by atoms with Crippen LogP contribution in [-0.4, -0.2) is 21.7 Å². The summed E-state index contributed by atoms with van der Waals surface area (Å²) in [6, 6.07) is 0. The Bertz CT molecular complexity index is 253. The number of aryl methyl sites for hydroxylation is 1. The lowest BCUT2D eigenvalue weighted by molar-refractivity contribution is -0.784. The van der Waals surface area contributed by atoms with Gasteiger partial charge in [0.25, 0.3) is 11.9 Å². The topological polar surface area (TPSA) is 80.6 Å². The Hall–Kier alpha value is -1.46. The Morgan fingerprint density at radius 2 is 2.23 bits per heavy atom. The molecule has 0 saturated carbocycles. The maximum absolute atomic E-state index is 5.44. The summed E-state index contributed by atoms with van der Waals surface area (Å²) in [7, 11) is 1.71. The number of nitrogens with one attached hydrogen (secondary N) is 1. The van der Waals surface area contributed by atoms with Crippen LogP contribution in [0.25, 0.3) is 0 Å². The minimum Gasteiger partial charge on any atom is -0.363 e. The minimum atomic E-state index is 0.233. The first-order valence-corrected chi connectivity index (χ1v) is 4.34. The molecule has 13 heavy (non-hydrogen) atoms. The van der Waals surface area contributed by atoms with E-state index in [1.54, 1.807) is 7.05 Å². The molecule has 0 aromatic carbocycles. The normalized spacial score (nSPS) is 10.0. The van der Waals surface area contributed by atoms with Gasteiger partial charge in [-0.05, 0) is 6.42 Å². The summed E-state index contributed by atoms with van der Waals surface area (Å²) in [6.07, 6.45) is 2.23. The molecule has 0 bridgehead atoms. The zero-order chi connectivity index (χ0) is 9.68. The number of rotatable bonds is 4. The number of nitrogens with two attached hydrogens (primary N) is 1. The molecule has 72 valence electrons. The van der Waals surface area contributed by atoms with E-state index in [4.69, 9.17) is 5.73 Å². The third-order valence-electron chi connectivity index (χ3n) is 1.52. The predicted molar refractivity (Wildman–Crippen MR) is 48.8 cm³/mol. The Morgan fingerprint density at radius 3 is 2.85 bits per heavy atom. The van der Waals surface area contributed by atoms with Crippen molar-refractivity contribution in [2.45, 2.75) is 19.8 Å². The maximum atomic E-state index is 5.44. The molecule has 3 N–H and O–H groups in total. The first-order valence-electron chi connectivity index (χ1n) is 4.34. The van der Waals surface area contributed by atoms with Gasteiger partial charge in [0.15, 0.2) is 7.05 Å². The van der Waals surface area contributed by atoms with Crippen molar-refractivity contribution >= 4 is 11.9 Å². The van der Waals surface area contributed by atoms with E-state index >= 15 is 0 Å². The highest BCUT2D eigenvalue weighted by molar-refractivity contribution is 5.25. The van der Waals surface area contributed by atoms with Crippen LogP contribution in [0, 0.1) is 0 Å². The Morgan fingerprint density at radius 1 is 1.46 bits per heavy atom. The highest BCUT2D eigenvalue weighted by atomic mass is 15.5. The predicted octanol–water partition coefficient (Wildman–Crippen LogP) is -0.510. The van der Waals surface area contributed by atoms with E-state index in [2.05, 4.69) is 27.4 Å². The van der Waals surface area contributed by atoms with Gasteiger partial charge in [-0.15, -0.1) is 0 Å². The quantitative estimate of drug-likeness (QED) is 0.485. The molecular weight excluding hydrogens is 168 g/mol. The average Bonchev–Trinajstić information content (AvgIpc) is 2.03. The fourth-order valence-corrected chi connectivity index (χ4v) is 0.913. The second kappa shape index (κ2) is 4.54. The molecule has 1 rings (SSSR count). The van der Waals surface area contributed by atoms with Gasteiger partial charge < -0.3 is 11.1 Å². The van der Waals surface area contributed by atoms with Crippen molar-refractivity contribution in [1.29, 1.82) is 0 Å². The van der Waals surface area contributed by atoms with Crippen LogP contribution in [0.1, 0.15) is 19.8 Å². The van der Waals surface area contributed by atoms with E-state index in [0.717, 1.165) is 19.4 Å². The van der Waals surface area contributed by atoms with Crippen molar-refractivity contribution in [2.75, 3.05) is 17.6 Å². The summed E-state index contributed by atoms with van der Waals surface area (Å²) in [5, 5.41) is 10.9. The molecule has 1 heterocycles. The number of aromatic nitrogens is 4. The zero-order valence-corrected chi connectivity index (χ0v) is 7.99. The van der Waals surface area contributed by atoms with Crippen LogP contribution in [0.3, 0.4) is 0 Å². The van der Waals surface area contributed by atoms with E-state index in [1.807, 2.05) is 0 Å². The molecule has 1 aromatic heterocycles. The molecule has 6 nitrogen and oxygen atoms in total. The molecule has 1 aromatic rings. The van der Waals surface area contributed by atoms with Gasteiger partial charge in [0.05, 0.1) is 10.2 Å². The van der Waals surface area contributed by atoms with Crippen LogP contribution < -0.4 is 15.8 Å². The number of unbranched alkanes of at least 4 members (excludes halogenated alkanes) is 1. The number of nitrogens with zero attached hydrogens (tertiary/aromatic N) is 4. The van der Waals surface area contributed by atoms with Gasteiger partial charge in [0, 0.05) is 11.3 Å². The lowest BCUT2D eigenvalue weighted by Gasteiger charge is -1.99. The molecule has 6 heteroatoms. The smallest absolute Gasteiger partial charge is 0.294 e. The van der Waals surface area contributed by atoms with Gasteiger partial charge in [-0.3, -0.25) is 0 Å². The average molecular weight is 183 g/mol. The number of nitrogen functional groups attached to an aromatic ring is 1. The van der Waals surface area contributed by atoms with E-state index in [9.17, 15) is 0 Å². The minimum absolute atomic E-state index is 0.233. The van der Waals surface area contributed by atoms with Crippen molar-refractivity contribution in [3.8, 4) is 0 Å². The van der Waals surface area contributed by atoms with Crippen LogP contribution in [0.4, 0.5) is 11.9 Å². The highest BCUT2D eigenvalue weighted by Crippen LogP contribution is 1.95. The fraction of sp³-hybridized carbons (Fsp3) is 0.714. The van der Waals surface area contributed by atoms with Gasteiger partial charge in [0.1, 0.15) is 0 Å². The van der Waals surface area contributed by atoms with Crippen LogP contribution in [0.5, 0.6) is 0 Å². The van der Waals surface area contributed by atoms with Gasteiger partial charge >= 0.3 is 0 Å². The van der Waals surface area contributed by atoms with E-state index in [-0.39, 0.29) is 5.95 Å². The molecule has 0 spiro atoms. The summed E-state index contributed by atoms with van der Waals surface area (Å²) >= 11 is 0. The van der Waals surface area contributed by atoms with Crippen LogP contribution >= 0.6 is 0 Å². The third kappa shape index (κ3) is 3.18. The summed E-state index contributed by atoms with van der Waals surface area (Å²) in [5.74, 6) is 0.764. The zero-order valence-electron chi connectivity index (χ0n) is 7.99. The van der Waals surface area contributed by atoms with Gasteiger partial charge in [-0.2, -0.15) is 4.98 Å². The number of anilines is 2. The van der Waals surface area contributed by atoms with E-state index < -0.39 is 0 Å². The fourth-order valence-electron chi connectivity index (χ4n) is 0.913. The van der Waals surface area contributed by atoms with Crippen molar-refractivity contribution in [3.05, 3.63) is 0 Å². The maximum Gasteiger partial charge on any atom is 0.294 e. The van der Waals surface area contributed by atoms with Crippen LogP contribution in [0.15, 0.2) is 0 Å². The van der Waals surface area contributed by atoms with Crippen LogP contribution in [0.2, 0.25) is 0 Å². The van der Waals surface area contributed by atoms with Crippen molar-refractivity contribution in [2.24, 2.45) is 7.05 Å². The summed E-state index contributed by atoms with van der Waals surface area (Å²) in [6.45, 7) is 2.99. The first kappa shape index (κ1) is 9.63. The van der Waals surface area contributed by atoms with E-state index in [1.165, 1.54) is 4.80 Å². The Labute approximate surface area is 77.2 Å². The van der Waals surface area contributed by atoms with Gasteiger partial charge in [0.2, 0.25) is 0 Å². The first-order chi connectivity index (χ1) is 6.22. The summed E-state index contributed by atoms with van der Waals surface area (Å²) < 4.78 is 0. The summed E-state index contributed by atoms with van der Waals surface area (Å²) in [5.41, 5.74) is 5.44. The number of hydrogen-bond donors (Lipinski definition) is 2. The molecule has 0 amide bonds. The SMILES string of the molecule is CCCCNc1nc(N)n[n+](C)n1. The lowest BCUT2D eigenvalue weighted by atomic mass is 10.3. The molecule has 0 aliphatic rings. The molecule has 0 saturated heterocycles. The van der Waals surface area contributed by atoms with Crippen molar-refractivity contribution in [1.82, 2.24) is 15.2 Å². The molecular formula is C7H15N6+. The molecule has 0 aliphatic carbocycles. The standard InChI is InChI=1S/C7H15N6/c1-3-4-5-9-7-10-6(8)11-13(2)12-7/h3-5H2,1-2H3,(H3,8,9,10,11,12)/q+1. The molecule has 0 atom stereocenters. The van der Waals surface area contributed by atoms with Crippen LogP contribution in [-0.2, 0) is 7.05 Å². The van der Waals surface area contributed by atoms with Crippen molar-refractivity contribution < 1.29 is 4.80 Å². The number of hydrogen-bond acceptors (Lipinski definition) is 5. The second-order valence-corrected chi connectivity index (χ2v) is 2.76. The Balaban J connectivity index is 2.56. The van der Waals surface area contributed by atoms with E-state index in [0.29, 0.717) is 5.95 Å². The molecule has 0 radical (unpaired) electrons. The van der Waals surface area contributed by atoms with Crippen molar-refractivity contribution in [3.63, 3.8) is 0 Å². The monoisotopic (exact) mass is 183 g/mol. The van der Waals surface area contributed by atoms with Gasteiger partial charge in [-0.1, -0.05) is 13.3 Å². The molecule has 0 fully saturated rings. The molecule has 0 unspecified atom stereocenters. The summed E-state index contributed by atoms with van der Waals surface area (Å²) in [4.78, 5) is 5.33. The largest absolute Gasteiger partial charge is 0.363 e. The van der Waals surface area contributed by atoms with Gasteiger partial charge in [-0.25, -0.2) is 0 Å². The molecule has 0 aliphatic heterocycles.